The van der Waals surface area contributed by atoms with Crippen LogP contribution in [0, 0.1) is 5.92 Å². The lowest BCUT2D eigenvalue weighted by atomic mass is 10.0. The van der Waals surface area contributed by atoms with Gasteiger partial charge in [0.15, 0.2) is 0 Å². The minimum atomic E-state index is 0.491. The van der Waals surface area contributed by atoms with Crippen LogP contribution in [0.3, 0.4) is 0 Å². The van der Waals surface area contributed by atoms with E-state index in [1.54, 1.807) is 0 Å². The van der Waals surface area contributed by atoms with E-state index in [1.165, 1.54) is 5.56 Å². The molecule has 1 atom stereocenters. The van der Waals surface area contributed by atoms with Gasteiger partial charge in [-0.2, -0.15) is 0 Å². The lowest BCUT2D eigenvalue weighted by Crippen LogP contribution is -2.34. The molecule has 3 nitrogen and oxygen atoms in total. The molecule has 0 aliphatic carbocycles. The second-order valence-electron chi connectivity index (χ2n) is 5.26. The number of hydrogen-bond donors (Lipinski definition) is 1. The zero-order valence-electron chi connectivity index (χ0n) is 12.4. The number of pyridine rings is 1. The van der Waals surface area contributed by atoms with E-state index in [4.69, 9.17) is 0 Å². The molecule has 1 rings (SSSR count). The summed E-state index contributed by atoms with van der Waals surface area (Å²) in [5.74, 6) is 1.72. The summed E-state index contributed by atoms with van der Waals surface area (Å²) >= 11 is 0. The van der Waals surface area contributed by atoms with Gasteiger partial charge in [-0.05, 0) is 31.9 Å². The van der Waals surface area contributed by atoms with Crippen LogP contribution < -0.4 is 10.2 Å². The fraction of sp³-hybridized carbons (Fsp3) is 0.667. The molecule has 1 aromatic heterocycles. The van der Waals surface area contributed by atoms with Crippen molar-refractivity contribution < 1.29 is 0 Å². The van der Waals surface area contributed by atoms with E-state index in [9.17, 15) is 0 Å². The summed E-state index contributed by atoms with van der Waals surface area (Å²) < 4.78 is 0. The topological polar surface area (TPSA) is 28.2 Å². The average molecular weight is 249 g/mol. The second-order valence-corrected chi connectivity index (χ2v) is 5.26. The molecule has 0 bridgehead atoms. The average Bonchev–Trinajstić information content (AvgIpc) is 2.38. The molecule has 0 aliphatic rings. The van der Waals surface area contributed by atoms with Crippen molar-refractivity contribution in [1.82, 2.24) is 10.3 Å². The minimum absolute atomic E-state index is 0.491. The Labute approximate surface area is 112 Å². The van der Waals surface area contributed by atoms with Crippen LogP contribution >= 0.6 is 0 Å². The molecule has 0 saturated heterocycles. The van der Waals surface area contributed by atoms with Crippen molar-refractivity contribution >= 4 is 5.82 Å². The van der Waals surface area contributed by atoms with Gasteiger partial charge in [-0.3, -0.25) is 0 Å². The molecule has 1 aromatic rings. The lowest BCUT2D eigenvalue weighted by molar-refractivity contribution is 0.501. The van der Waals surface area contributed by atoms with Gasteiger partial charge >= 0.3 is 0 Å². The normalized spacial score (nSPS) is 12.8. The van der Waals surface area contributed by atoms with Crippen LogP contribution in [-0.4, -0.2) is 24.6 Å². The standard InChI is InChI=1S/C15H27N3/c1-6-9-16-11-14-8-7-10-17-15(14)18(5)13(4)12(2)3/h7-8,10,12-13,16H,6,9,11H2,1-5H3. The summed E-state index contributed by atoms with van der Waals surface area (Å²) in [4.78, 5) is 6.83. The maximum atomic E-state index is 4.55. The molecule has 1 heterocycles. The van der Waals surface area contributed by atoms with Gasteiger partial charge in [0.25, 0.3) is 0 Å². The van der Waals surface area contributed by atoms with Gasteiger partial charge in [0, 0.05) is 31.4 Å². The first kappa shape index (κ1) is 15.0. The van der Waals surface area contributed by atoms with Crippen LogP contribution in [0.4, 0.5) is 5.82 Å². The van der Waals surface area contributed by atoms with E-state index in [0.29, 0.717) is 12.0 Å². The van der Waals surface area contributed by atoms with Gasteiger partial charge in [0.2, 0.25) is 0 Å². The molecule has 0 fully saturated rings. The molecule has 3 heteroatoms. The first-order valence-corrected chi connectivity index (χ1v) is 6.95. The zero-order valence-corrected chi connectivity index (χ0v) is 12.4. The van der Waals surface area contributed by atoms with Gasteiger partial charge in [-0.15, -0.1) is 0 Å². The maximum Gasteiger partial charge on any atom is 0.132 e. The van der Waals surface area contributed by atoms with Gasteiger partial charge in [0.05, 0.1) is 0 Å². The largest absolute Gasteiger partial charge is 0.356 e. The molecule has 1 unspecified atom stereocenters. The molecule has 18 heavy (non-hydrogen) atoms. The quantitative estimate of drug-likeness (QED) is 0.753. The maximum absolute atomic E-state index is 4.55. The smallest absolute Gasteiger partial charge is 0.132 e. The SMILES string of the molecule is CCCNCc1cccnc1N(C)C(C)C(C)C. The number of anilines is 1. The van der Waals surface area contributed by atoms with Crippen LogP contribution in [-0.2, 0) is 6.54 Å². The summed E-state index contributed by atoms with van der Waals surface area (Å²) in [7, 11) is 2.14. The van der Waals surface area contributed by atoms with E-state index >= 15 is 0 Å². The Hall–Kier alpha value is -1.09. The Morgan fingerprint density at radius 2 is 2.06 bits per heavy atom. The predicted octanol–water partition coefficient (Wildman–Crippen LogP) is 3.06. The third kappa shape index (κ3) is 3.98. The van der Waals surface area contributed by atoms with Crippen LogP contribution in [0.25, 0.3) is 0 Å². The number of nitrogens with one attached hydrogen (secondary N) is 1. The fourth-order valence-electron chi connectivity index (χ4n) is 1.93. The summed E-state index contributed by atoms with van der Waals surface area (Å²) in [6, 6.07) is 4.67. The number of nitrogens with zero attached hydrogens (tertiary/aromatic N) is 2. The monoisotopic (exact) mass is 249 g/mol. The van der Waals surface area contributed by atoms with Crippen molar-refractivity contribution in [3.63, 3.8) is 0 Å². The molecule has 1 N–H and O–H groups in total. The first-order valence-electron chi connectivity index (χ1n) is 6.95. The molecule has 0 spiro atoms. The van der Waals surface area contributed by atoms with Crippen LogP contribution in [0.1, 0.15) is 39.7 Å². The third-order valence-corrected chi connectivity index (χ3v) is 3.52. The molecule has 0 amide bonds. The molecule has 0 aliphatic heterocycles. The highest BCUT2D eigenvalue weighted by Crippen LogP contribution is 2.20. The second kappa shape index (κ2) is 7.37. The van der Waals surface area contributed by atoms with Crippen molar-refractivity contribution in [3.8, 4) is 0 Å². The Morgan fingerprint density at radius 1 is 1.33 bits per heavy atom. The molecule has 102 valence electrons. The van der Waals surface area contributed by atoms with Gasteiger partial charge in [-0.25, -0.2) is 4.98 Å². The molecule has 0 saturated carbocycles. The predicted molar refractivity (Wildman–Crippen MR) is 78.9 cm³/mol. The minimum Gasteiger partial charge on any atom is -0.356 e. The highest BCUT2D eigenvalue weighted by molar-refractivity contribution is 5.46. The first-order chi connectivity index (χ1) is 8.57. The molecular weight excluding hydrogens is 222 g/mol. The highest BCUT2D eigenvalue weighted by Gasteiger charge is 2.17. The lowest BCUT2D eigenvalue weighted by Gasteiger charge is -2.30. The van der Waals surface area contributed by atoms with Crippen LogP contribution in [0.15, 0.2) is 18.3 Å². The summed E-state index contributed by atoms with van der Waals surface area (Å²) in [5.41, 5.74) is 1.28. The molecule has 0 radical (unpaired) electrons. The van der Waals surface area contributed by atoms with Crippen molar-refractivity contribution in [2.45, 2.75) is 46.7 Å². The summed E-state index contributed by atoms with van der Waals surface area (Å²) in [6.45, 7) is 10.9. The van der Waals surface area contributed by atoms with Crippen LogP contribution in [0.5, 0.6) is 0 Å². The van der Waals surface area contributed by atoms with E-state index in [1.807, 2.05) is 12.3 Å². The van der Waals surface area contributed by atoms with E-state index in [2.05, 4.69) is 56.0 Å². The Morgan fingerprint density at radius 3 is 2.67 bits per heavy atom. The fourth-order valence-corrected chi connectivity index (χ4v) is 1.93. The number of aromatic nitrogens is 1. The van der Waals surface area contributed by atoms with Crippen molar-refractivity contribution in [2.75, 3.05) is 18.5 Å². The Balaban J connectivity index is 2.80. The Bertz CT molecular complexity index is 349. The van der Waals surface area contributed by atoms with Gasteiger partial charge in [-0.1, -0.05) is 26.8 Å². The van der Waals surface area contributed by atoms with E-state index in [0.717, 1.165) is 25.3 Å². The van der Waals surface area contributed by atoms with Gasteiger partial charge in [0.1, 0.15) is 5.82 Å². The van der Waals surface area contributed by atoms with Crippen LogP contribution in [0.2, 0.25) is 0 Å². The summed E-state index contributed by atoms with van der Waals surface area (Å²) in [6.07, 6.45) is 3.04. The number of rotatable bonds is 7. The summed E-state index contributed by atoms with van der Waals surface area (Å²) in [5, 5.41) is 3.45. The third-order valence-electron chi connectivity index (χ3n) is 3.52. The molecule has 0 aromatic carbocycles. The highest BCUT2D eigenvalue weighted by atomic mass is 15.2. The zero-order chi connectivity index (χ0) is 13.5. The molecular formula is C15H27N3. The van der Waals surface area contributed by atoms with Crippen molar-refractivity contribution in [1.29, 1.82) is 0 Å². The van der Waals surface area contributed by atoms with Crippen molar-refractivity contribution in [3.05, 3.63) is 23.9 Å². The van der Waals surface area contributed by atoms with Gasteiger partial charge < -0.3 is 10.2 Å². The van der Waals surface area contributed by atoms with E-state index < -0.39 is 0 Å². The number of hydrogen-bond acceptors (Lipinski definition) is 3. The van der Waals surface area contributed by atoms with E-state index in [-0.39, 0.29) is 0 Å². The van der Waals surface area contributed by atoms with Crippen molar-refractivity contribution in [2.24, 2.45) is 5.92 Å². The Kier molecular flexibility index (Phi) is 6.13.